The summed E-state index contributed by atoms with van der Waals surface area (Å²) in [5.74, 6) is 0. The zero-order valence-electron chi connectivity index (χ0n) is 7.07. The number of hydrogen-bond donors (Lipinski definition) is 1. The second-order valence-electron chi connectivity index (χ2n) is 2.68. The number of carbonyl (C=O) groups is 1. The maximum Gasteiger partial charge on any atom is 0.253 e. The summed E-state index contributed by atoms with van der Waals surface area (Å²) >= 11 is 5.43. The van der Waals surface area contributed by atoms with E-state index < -0.39 is 5.24 Å². The highest BCUT2D eigenvalue weighted by Crippen LogP contribution is 2.21. The number of hydrogen-bond acceptors (Lipinski definition) is 3. The van der Waals surface area contributed by atoms with E-state index in [0.717, 1.165) is 0 Å². The molecule has 2 aromatic rings. The van der Waals surface area contributed by atoms with Crippen molar-refractivity contribution >= 4 is 16.8 Å². The first-order chi connectivity index (χ1) is 6.79. The number of halogens is 1. The summed E-state index contributed by atoms with van der Waals surface area (Å²) in [6.45, 7) is 0. The zero-order valence-corrected chi connectivity index (χ0v) is 7.82. The highest BCUT2D eigenvalue weighted by Gasteiger charge is 2.11. The van der Waals surface area contributed by atoms with E-state index in [-0.39, 0.29) is 0 Å². The van der Waals surface area contributed by atoms with Crippen LogP contribution in [0.15, 0.2) is 30.5 Å². The van der Waals surface area contributed by atoms with Gasteiger partial charge in [0.1, 0.15) is 5.69 Å². The molecule has 14 heavy (non-hydrogen) atoms. The molecular weight excluding hydrogens is 202 g/mol. The topological polar surface area (TPSA) is 58.6 Å². The third kappa shape index (κ3) is 1.52. The van der Waals surface area contributed by atoms with Gasteiger partial charge < -0.3 is 0 Å². The first-order valence-electron chi connectivity index (χ1n) is 3.95. The van der Waals surface area contributed by atoms with Gasteiger partial charge in [-0.15, -0.1) is 5.10 Å². The summed E-state index contributed by atoms with van der Waals surface area (Å²) in [4.78, 5) is 11.1. The molecule has 5 heteroatoms. The van der Waals surface area contributed by atoms with Gasteiger partial charge in [-0.05, 0) is 17.7 Å². The van der Waals surface area contributed by atoms with Crippen LogP contribution in [0.3, 0.4) is 0 Å². The standard InChI is InChI=1S/C9H6ClN3O/c10-9(14)7-4-2-1-3-6(7)8-5-11-13-12-8/h1-5H,(H,11,12,13). The third-order valence-electron chi connectivity index (χ3n) is 1.83. The van der Waals surface area contributed by atoms with Crippen molar-refractivity contribution in [1.29, 1.82) is 0 Å². The van der Waals surface area contributed by atoms with Crippen LogP contribution in [-0.2, 0) is 0 Å². The maximum absolute atomic E-state index is 11.1. The van der Waals surface area contributed by atoms with Gasteiger partial charge in [-0.25, -0.2) is 0 Å². The minimum absolute atomic E-state index is 0.433. The third-order valence-corrected chi connectivity index (χ3v) is 2.04. The largest absolute Gasteiger partial charge is 0.276 e. The van der Waals surface area contributed by atoms with E-state index in [2.05, 4.69) is 15.4 Å². The van der Waals surface area contributed by atoms with Gasteiger partial charge >= 0.3 is 0 Å². The number of aromatic amines is 1. The Morgan fingerprint density at radius 2 is 2.14 bits per heavy atom. The van der Waals surface area contributed by atoms with Crippen LogP contribution in [0.1, 0.15) is 10.4 Å². The summed E-state index contributed by atoms with van der Waals surface area (Å²) in [5.41, 5.74) is 1.72. The molecule has 2 rings (SSSR count). The molecule has 0 unspecified atom stereocenters. The lowest BCUT2D eigenvalue weighted by molar-refractivity contribution is 0.108. The van der Waals surface area contributed by atoms with E-state index in [1.165, 1.54) is 0 Å². The Labute approximate surface area is 84.9 Å². The molecule has 70 valence electrons. The number of aromatic nitrogens is 3. The molecule has 1 N–H and O–H groups in total. The fraction of sp³-hybridized carbons (Fsp3) is 0. The van der Waals surface area contributed by atoms with Gasteiger partial charge in [0, 0.05) is 11.1 Å². The molecule has 0 saturated heterocycles. The number of nitrogens with zero attached hydrogens (tertiary/aromatic N) is 2. The van der Waals surface area contributed by atoms with E-state index in [4.69, 9.17) is 11.6 Å². The summed E-state index contributed by atoms with van der Waals surface area (Å²) < 4.78 is 0. The second-order valence-corrected chi connectivity index (χ2v) is 3.02. The predicted octanol–water partition coefficient (Wildman–Crippen LogP) is 1.85. The Bertz CT molecular complexity index is 453. The van der Waals surface area contributed by atoms with Gasteiger partial charge in [-0.2, -0.15) is 0 Å². The fourth-order valence-corrected chi connectivity index (χ4v) is 1.38. The Morgan fingerprint density at radius 3 is 2.79 bits per heavy atom. The lowest BCUT2D eigenvalue weighted by Gasteiger charge is -2.00. The van der Waals surface area contributed by atoms with Crippen LogP contribution in [0, 0.1) is 0 Å². The lowest BCUT2D eigenvalue weighted by Crippen LogP contribution is -1.93. The minimum Gasteiger partial charge on any atom is -0.276 e. The van der Waals surface area contributed by atoms with Crippen LogP contribution < -0.4 is 0 Å². The molecule has 4 nitrogen and oxygen atoms in total. The van der Waals surface area contributed by atoms with Gasteiger partial charge in [-0.3, -0.25) is 9.89 Å². The molecule has 0 bridgehead atoms. The smallest absolute Gasteiger partial charge is 0.253 e. The highest BCUT2D eigenvalue weighted by molar-refractivity contribution is 6.68. The number of carbonyl (C=O) groups excluding carboxylic acids is 1. The molecule has 0 radical (unpaired) electrons. The molecule has 0 aliphatic heterocycles. The number of nitrogens with one attached hydrogen (secondary N) is 1. The lowest BCUT2D eigenvalue weighted by atomic mass is 10.1. The quantitative estimate of drug-likeness (QED) is 0.765. The van der Waals surface area contributed by atoms with Crippen LogP contribution in [0.2, 0.25) is 0 Å². The van der Waals surface area contributed by atoms with Crippen molar-refractivity contribution in [2.45, 2.75) is 0 Å². The minimum atomic E-state index is -0.497. The Balaban J connectivity index is 2.58. The molecule has 0 fully saturated rings. The summed E-state index contributed by atoms with van der Waals surface area (Å²) in [6.07, 6.45) is 1.61. The second kappa shape index (κ2) is 3.59. The molecule has 0 spiro atoms. The predicted molar refractivity (Wildman–Crippen MR) is 52.0 cm³/mol. The van der Waals surface area contributed by atoms with Crippen molar-refractivity contribution in [1.82, 2.24) is 15.4 Å². The highest BCUT2D eigenvalue weighted by atomic mass is 35.5. The molecule has 1 heterocycles. The van der Waals surface area contributed by atoms with Gasteiger partial charge in [-0.1, -0.05) is 23.4 Å². The SMILES string of the molecule is O=C(Cl)c1ccccc1-c1c[nH]nn1. The van der Waals surface area contributed by atoms with Crippen LogP contribution in [0.4, 0.5) is 0 Å². The summed E-state index contributed by atoms with van der Waals surface area (Å²) in [7, 11) is 0. The molecule has 0 amide bonds. The van der Waals surface area contributed by atoms with Crippen molar-refractivity contribution in [2.24, 2.45) is 0 Å². The van der Waals surface area contributed by atoms with E-state index in [0.29, 0.717) is 16.8 Å². The monoisotopic (exact) mass is 207 g/mol. The normalized spacial score (nSPS) is 10.1. The summed E-state index contributed by atoms with van der Waals surface area (Å²) in [6, 6.07) is 6.99. The Morgan fingerprint density at radius 1 is 1.36 bits per heavy atom. The van der Waals surface area contributed by atoms with Gasteiger partial charge in [0.05, 0.1) is 6.20 Å². The van der Waals surface area contributed by atoms with Gasteiger partial charge in [0.25, 0.3) is 5.24 Å². The molecule has 0 saturated carbocycles. The van der Waals surface area contributed by atoms with Gasteiger partial charge in [0.15, 0.2) is 0 Å². The first-order valence-corrected chi connectivity index (χ1v) is 4.32. The van der Waals surface area contributed by atoms with Crippen molar-refractivity contribution in [3.05, 3.63) is 36.0 Å². The average Bonchev–Trinajstić information content (AvgIpc) is 2.70. The summed E-state index contributed by atoms with van der Waals surface area (Å²) in [5, 5.41) is 9.46. The van der Waals surface area contributed by atoms with Gasteiger partial charge in [0.2, 0.25) is 0 Å². The molecule has 1 aromatic carbocycles. The molecule has 0 aliphatic carbocycles. The van der Waals surface area contributed by atoms with Crippen molar-refractivity contribution in [2.75, 3.05) is 0 Å². The maximum atomic E-state index is 11.1. The van der Waals surface area contributed by atoms with E-state index in [9.17, 15) is 4.79 Å². The van der Waals surface area contributed by atoms with E-state index in [1.54, 1.807) is 24.4 Å². The number of rotatable bonds is 2. The van der Waals surface area contributed by atoms with E-state index >= 15 is 0 Å². The fourth-order valence-electron chi connectivity index (χ4n) is 1.21. The van der Waals surface area contributed by atoms with Crippen molar-refractivity contribution in [3.63, 3.8) is 0 Å². The molecule has 0 aliphatic rings. The zero-order chi connectivity index (χ0) is 9.97. The number of benzene rings is 1. The molecular formula is C9H6ClN3O. The van der Waals surface area contributed by atoms with Crippen LogP contribution >= 0.6 is 11.6 Å². The van der Waals surface area contributed by atoms with E-state index in [1.807, 2.05) is 6.07 Å². The Kier molecular flexibility index (Phi) is 2.28. The average molecular weight is 208 g/mol. The number of H-pyrrole nitrogens is 1. The first kappa shape index (κ1) is 8.90. The van der Waals surface area contributed by atoms with Crippen LogP contribution in [0.5, 0.6) is 0 Å². The Hall–Kier alpha value is -1.68. The molecule has 1 aromatic heterocycles. The molecule has 0 atom stereocenters. The van der Waals surface area contributed by atoms with Crippen LogP contribution in [0.25, 0.3) is 11.3 Å². The van der Waals surface area contributed by atoms with Crippen LogP contribution in [-0.4, -0.2) is 20.7 Å². The van der Waals surface area contributed by atoms with Crippen molar-refractivity contribution in [3.8, 4) is 11.3 Å². The van der Waals surface area contributed by atoms with Crippen molar-refractivity contribution < 1.29 is 4.79 Å².